The third-order valence-corrected chi connectivity index (χ3v) is 7.77. The van der Waals surface area contributed by atoms with Gasteiger partial charge >= 0.3 is 6.09 Å². The molecule has 12 nitrogen and oxygen atoms in total. The van der Waals surface area contributed by atoms with Crippen LogP contribution in [0.4, 0.5) is 10.7 Å². The molecule has 3 aromatic rings. The molecule has 0 radical (unpaired) electrons. The smallest absolute Gasteiger partial charge is 0.407 e. The Kier molecular flexibility index (Phi) is 9.09. The molecular weight excluding hydrogens is 538 g/mol. The summed E-state index contributed by atoms with van der Waals surface area (Å²) in [5.41, 5.74) is 3.23. The number of aromatic nitrogens is 4. The Labute approximate surface area is 245 Å². The number of aryl methyl sites for hydroxylation is 1. The number of methoxy groups -OCH3 is 2. The summed E-state index contributed by atoms with van der Waals surface area (Å²) in [7, 11) is 5.03. The number of ether oxygens (including phenoxy) is 3. The van der Waals surface area contributed by atoms with Crippen molar-refractivity contribution in [3.8, 4) is 22.8 Å². The van der Waals surface area contributed by atoms with Crippen molar-refractivity contribution in [1.82, 2.24) is 30.0 Å². The standard InChI is InChI=1S/C30H39N7O5/c1-5-6-13-42-30(39)34-23-10-8-7-9-22(23)32-29-33-24-18-37(17-19-11-12-21(40-3)14-25(19)41-4)28(38)26(24)27(35-29)20-15-31-36(2)16-20/h11-12,14-16,22-23H,5-10,13,17-18H2,1-4H3,(H,34,39)(H,32,33,35)/t22-,23+/m1/s1. The van der Waals surface area contributed by atoms with Crippen molar-refractivity contribution in [1.29, 1.82) is 0 Å². The molecule has 2 aromatic heterocycles. The van der Waals surface area contributed by atoms with Crippen molar-refractivity contribution >= 4 is 17.9 Å². The Morgan fingerprint density at radius 1 is 1.12 bits per heavy atom. The van der Waals surface area contributed by atoms with Crippen molar-refractivity contribution in [3.05, 3.63) is 47.4 Å². The predicted molar refractivity (Wildman–Crippen MR) is 156 cm³/mol. The molecule has 3 heterocycles. The van der Waals surface area contributed by atoms with E-state index in [1.54, 1.807) is 36.1 Å². The average molecular weight is 578 g/mol. The monoisotopic (exact) mass is 577 g/mol. The third kappa shape index (κ3) is 6.42. The molecule has 0 spiro atoms. The molecule has 2 amide bonds. The first kappa shape index (κ1) is 29.2. The van der Waals surface area contributed by atoms with Crippen LogP contribution in [0.3, 0.4) is 0 Å². The summed E-state index contributed by atoms with van der Waals surface area (Å²) in [5.74, 6) is 1.59. The molecule has 0 bridgehead atoms. The number of anilines is 1. The minimum atomic E-state index is -0.400. The fourth-order valence-electron chi connectivity index (χ4n) is 5.53. The average Bonchev–Trinajstić information content (AvgIpc) is 3.56. The minimum absolute atomic E-state index is 0.0750. The van der Waals surface area contributed by atoms with Crippen molar-refractivity contribution in [3.63, 3.8) is 0 Å². The van der Waals surface area contributed by atoms with Crippen LogP contribution in [0, 0.1) is 0 Å². The van der Waals surface area contributed by atoms with Gasteiger partial charge in [-0.05, 0) is 31.4 Å². The molecule has 42 heavy (non-hydrogen) atoms. The first-order chi connectivity index (χ1) is 20.4. The number of nitrogens with zero attached hydrogens (tertiary/aromatic N) is 5. The second-order valence-corrected chi connectivity index (χ2v) is 10.7. The third-order valence-electron chi connectivity index (χ3n) is 7.77. The van der Waals surface area contributed by atoms with E-state index in [1.165, 1.54) is 0 Å². The molecule has 1 aliphatic carbocycles. The number of unbranched alkanes of at least 4 members (excludes halogenated alkanes) is 1. The van der Waals surface area contributed by atoms with Crippen LogP contribution in [0.15, 0.2) is 30.6 Å². The zero-order chi connectivity index (χ0) is 29.6. The van der Waals surface area contributed by atoms with Crippen LogP contribution < -0.4 is 20.1 Å². The van der Waals surface area contributed by atoms with Crippen LogP contribution >= 0.6 is 0 Å². The molecule has 224 valence electrons. The topological polar surface area (TPSA) is 133 Å². The van der Waals surface area contributed by atoms with E-state index in [-0.39, 0.29) is 18.0 Å². The lowest BCUT2D eigenvalue weighted by Crippen LogP contribution is -2.49. The Morgan fingerprint density at radius 3 is 2.64 bits per heavy atom. The molecule has 2 atom stereocenters. The Morgan fingerprint density at radius 2 is 1.93 bits per heavy atom. The Bertz CT molecular complexity index is 1430. The zero-order valence-electron chi connectivity index (χ0n) is 24.7. The second-order valence-electron chi connectivity index (χ2n) is 10.7. The lowest BCUT2D eigenvalue weighted by atomic mass is 9.90. The fourth-order valence-corrected chi connectivity index (χ4v) is 5.53. The number of fused-ring (bicyclic) bond motifs is 1. The van der Waals surface area contributed by atoms with E-state index in [2.05, 4.69) is 22.7 Å². The van der Waals surface area contributed by atoms with Crippen LogP contribution in [0.2, 0.25) is 0 Å². The van der Waals surface area contributed by atoms with Gasteiger partial charge in [0.05, 0.1) is 63.1 Å². The number of nitrogens with one attached hydrogen (secondary N) is 2. The molecule has 1 aliphatic heterocycles. The van der Waals surface area contributed by atoms with Crippen molar-refractivity contribution in [2.24, 2.45) is 7.05 Å². The summed E-state index contributed by atoms with van der Waals surface area (Å²) < 4.78 is 17.9. The molecule has 0 saturated heterocycles. The number of benzene rings is 1. The van der Waals surface area contributed by atoms with Gasteiger partial charge in [0.1, 0.15) is 11.5 Å². The first-order valence-electron chi connectivity index (χ1n) is 14.5. The number of alkyl carbamates (subject to hydrolysis) is 1. The first-order valence-corrected chi connectivity index (χ1v) is 14.5. The summed E-state index contributed by atoms with van der Waals surface area (Å²) in [5, 5.41) is 10.8. The van der Waals surface area contributed by atoms with E-state index in [9.17, 15) is 9.59 Å². The van der Waals surface area contributed by atoms with Gasteiger partial charge in [-0.2, -0.15) is 5.10 Å². The predicted octanol–water partition coefficient (Wildman–Crippen LogP) is 4.30. The maximum Gasteiger partial charge on any atom is 0.407 e. The van der Waals surface area contributed by atoms with E-state index in [1.807, 2.05) is 25.4 Å². The number of hydrogen-bond acceptors (Lipinski definition) is 9. The molecule has 0 unspecified atom stereocenters. The maximum absolute atomic E-state index is 13.8. The Hall–Kier alpha value is -4.35. The number of amides is 2. The zero-order valence-corrected chi connectivity index (χ0v) is 24.7. The highest BCUT2D eigenvalue weighted by molar-refractivity contribution is 6.03. The molecule has 5 rings (SSSR count). The molecule has 12 heteroatoms. The highest BCUT2D eigenvalue weighted by Gasteiger charge is 2.35. The molecular formula is C30H39N7O5. The number of rotatable bonds is 11. The highest BCUT2D eigenvalue weighted by atomic mass is 16.5. The van der Waals surface area contributed by atoms with Gasteiger partial charge in [-0.3, -0.25) is 9.48 Å². The van der Waals surface area contributed by atoms with Gasteiger partial charge in [-0.1, -0.05) is 26.2 Å². The van der Waals surface area contributed by atoms with E-state index in [4.69, 9.17) is 24.2 Å². The van der Waals surface area contributed by atoms with Crippen LogP contribution in [0.25, 0.3) is 11.3 Å². The van der Waals surface area contributed by atoms with Gasteiger partial charge < -0.3 is 29.7 Å². The SMILES string of the molecule is CCCCOC(=O)N[C@H]1CCCC[C@H]1Nc1nc2c(c(-c3cnn(C)c3)n1)C(=O)N(Cc1ccc(OC)cc1OC)C2. The van der Waals surface area contributed by atoms with Crippen LogP contribution in [-0.2, 0) is 24.9 Å². The Balaban J connectivity index is 1.40. The largest absolute Gasteiger partial charge is 0.497 e. The van der Waals surface area contributed by atoms with Gasteiger partial charge in [0, 0.05) is 36.5 Å². The van der Waals surface area contributed by atoms with Crippen molar-refractivity contribution in [2.45, 2.75) is 70.6 Å². The minimum Gasteiger partial charge on any atom is -0.497 e. The number of carbonyl (C=O) groups excluding carboxylic acids is 2. The summed E-state index contributed by atoms with van der Waals surface area (Å²) in [6, 6.07) is 5.36. The summed E-state index contributed by atoms with van der Waals surface area (Å²) in [6.07, 6.45) is 8.66. The summed E-state index contributed by atoms with van der Waals surface area (Å²) in [6.45, 7) is 3.13. The van der Waals surface area contributed by atoms with Crippen molar-refractivity contribution < 1.29 is 23.8 Å². The van der Waals surface area contributed by atoms with Crippen LogP contribution in [-0.4, -0.2) is 69.6 Å². The van der Waals surface area contributed by atoms with Crippen LogP contribution in [0.5, 0.6) is 11.5 Å². The van der Waals surface area contributed by atoms with E-state index in [0.29, 0.717) is 54.1 Å². The molecule has 1 fully saturated rings. The number of hydrogen-bond donors (Lipinski definition) is 2. The summed E-state index contributed by atoms with van der Waals surface area (Å²) >= 11 is 0. The molecule has 1 saturated carbocycles. The second kappa shape index (κ2) is 13.1. The van der Waals surface area contributed by atoms with Crippen LogP contribution in [0.1, 0.15) is 67.1 Å². The maximum atomic E-state index is 13.8. The molecule has 1 aromatic carbocycles. The van der Waals surface area contributed by atoms with E-state index in [0.717, 1.165) is 49.7 Å². The van der Waals surface area contributed by atoms with E-state index < -0.39 is 6.09 Å². The van der Waals surface area contributed by atoms with Gasteiger partial charge in [-0.25, -0.2) is 14.8 Å². The van der Waals surface area contributed by atoms with Gasteiger partial charge in [0.2, 0.25) is 5.95 Å². The number of carbonyl (C=O) groups is 2. The lowest BCUT2D eigenvalue weighted by Gasteiger charge is -2.32. The van der Waals surface area contributed by atoms with Gasteiger partial charge in [-0.15, -0.1) is 0 Å². The molecule has 2 aliphatic rings. The quantitative estimate of drug-likeness (QED) is 0.320. The van der Waals surface area contributed by atoms with Crippen molar-refractivity contribution in [2.75, 3.05) is 26.1 Å². The normalized spacial score (nSPS) is 18.0. The molecule has 2 N–H and O–H groups in total. The summed E-state index contributed by atoms with van der Waals surface area (Å²) in [4.78, 5) is 37.6. The van der Waals surface area contributed by atoms with E-state index >= 15 is 0 Å². The fraction of sp³-hybridized carbons (Fsp3) is 0.500. The lowest BCUT2D eigenvalue weighted by molar-refractivity contribution is 0.0765. The highest BCUT2D eigenvalue weighted by Crippen LogP contribution is 2.34. The van der Waals surface area contributed by atoms with Gasteiger partial charge in [0.25, 0.3) is 5.91 Å². The van der Waals surface area contributed by atoms with Gasteiger partial charge in [0.15, 0.2) is 0 Å².